The highest BCUT2D eigenvalue weighted by molar-refractivity contribution is 6.30. The molecule has 0 radical (unpaired) electrons. The Morgan fingerprint density at radius 1 is 1.20 bits per heavy atom. The van der Waals surface area contributed by atoms with Gasteiger partial charge in [-0.25, -0.2) is 0 Å². The summed E-state index contributed by atoms with van der Waals surface area (Å²) in [5, 5.41) is 29.3. The van der Waals surface area contributed by atoms with Crippen LogP contribution in [0.1, 0.15) is 39.9 Å². The molecule has 1 aliphatic rings. The maximum Gasteiger partial charge on any atom is 0.416 e. The minimum absolute atomic E-state index is 0.0340. The van der Waals surface area contributed by atoms with E-state index in [1.165, 1.54) is 18.3 Å². The number of carboxylic acids is 1. The molecule has 3 aromatic rings. The first-order valence-corrected chi connectivity index (χ1v) is 12.1. The summed E-state index contributed by atoms with van der Waals surface area (Å²) in [5.74, 6) is -4.57. The van der Waals surface area contributed by atoms with Crippen LogP contribution in [0.4, 0.5) is 18.9 Å². The van der Waals surface area contributed by atoms with E-state index in [2.05, 4.69) is 20.7 Å². The Bertz CT molecular complexity index is 1520. The molecule has 40 heavy (non-hydrogen) atoms. The summed E-state index contributed by atoms with van der Waals surface area (Å²) in [6.07, 6.45) is -5.02. The number of aliphatic carboxylic acids is 1. The molecule has 0 spiro atoms. The average Bonchev–Trinajstić information content (AvgIpc) is 3.27. The van der Waals surface area contributed by atoms with Gasteiger partial charge < -0.3 is 32.3 Å². The lowest BCUT2D eigenvalue weighted by Gasteiger charge is -2.26. The summed E-state index contributed by atoms with van der Waals surface area (Å²) in [6, 6.07) is 3.56. The van der Waals surface area contributed by atoms with Gasteiger partial charge in [-0.3, -0.25) is 24.1 Å². The Morgan fingerprint density at radius 2 is 1.93 bits per heavy atom. The van der Waals surface area contributed by atoms with Crippen LogP contribution in [0.15, 0.2) is 41.5 Å². The molecule has 0 saturated carbocycles. The van der Waals surface area contributed by atoms with Crippen molar-refractivity contribution in [1.82, 2.24) is 15.1 Å². The van der Waals surface area contributed by atoms with Crippen molar-refractivity contribution >= 4 is 51.9 Å². The molecule has 3 atom stereocenters. The molecule has 0 bridgehead atoms. The Hall–Kier alpha value is -4.37. The van der Waals surface area contributed by atoms with Gasteiger partial charge >= 0.3 is 12.1 Å². The number of carbonyl (C=O) groups excluding carboxylic acids is 2. The predicted molar refractivity (Wildman–Crippen MR) is 138 cm³/mol. The number of halogens is 4. The van der Waals surface area contributed by atoms with Crippen LogP contribution in [-0.4, -0.2) is 62.9 Å². The van der Waals surface area contributed by atoms with E-state index >= 15 is 0 Å². The molecule has 8 N–H and O–H groups in total. The second kappa shape index (κ2) is 11.0. The summed E-state index contributed by atoms with van der Waals surface area (Å²) >= 11 is 5.94. The molecule has 2 amide bonds. The molecule has 2 aromatic carbocycles. The second-order valence-electron chi connectivity index (χ2n) is 9.08. The van der Waals surface area contributed by atoms with Crippen molar-refractivity contribution in [2.75, 3.05) is 18.4 Å². The number of aliphatic hydroxyl groups is 1. The number of hydrogen-bond acceptors (Lipinski definition) is 8. The number of carbonyl (C=O) groups is 3. The zero-order chi connectivity index (χ0) is 29.4. The van der Waals surface area contributed by atoms with Crippen molar-refractivity contribution in [3.63, 3.8) is 0 Å². The Kier molecular flexibility index (Phi) is 7.88. The summed E-state index contributed by atoms with van der Waals surface area (Å²) < 4.78 is 41.6. The number of fused-ring (bicyclic) bond motifs is 1. The number of nitrogens with two attached hydrogens (primary N) is 2. The van der Waals surface area contributed by atoms with Crippen molar-refractivity contribution in [3.05, 3.63) is 58.2 Å². The van der Waals surface area contributed by atoms with E-state index in [1.54, 1.807) is 0 Å². The van der Waals surface area contributed by atoms with Gasteiger partial charge in [-0.1, -0.05) is 11.6 Å². The standard InChI is InChI=1S/C24H23ClF3N7O5/c25-13-2-10(1-12(5-13)24(26,27)28)15(6-19(37)38)20(22(30)40)35-18-4-11(21(29)39)3-17(16(18)9-33-35)34-23-31-7-14(36)8-32-23/h1-5,9,14-15,20,36H,6-8H2,(H2,29,39)(H2,30,40)(H,37,38)(H2,31,32,34)/t15-,20?/m0/s1. The molecule has 4 rings (SSSR count). The number of hydrogen-bond donors (Lipinski definition) is 6. The summed E-state index contributed by atoms with van der Waals surface area (Å²) in [7, 11) is 0. The number of amides is 2. The van der Waals surface area contributed by atoms with Gasteiger partial charge in [-0.05, 0) is 35.9 Å². The number of β-amino-alcohol motifs (C(OH)–C–C–N with tert-alkyl or cyclic N) is 1. The Balaban J connectivity index is 1.89. The van der Waals surface area contributed by atoms with E-state index in [1.807, 2.05) is 0 Å². The van der Waals surface area contributed by atoms with Crippen molar-refractivity contribution in [1.29, 1.82) is 0 Å². The third-order valence-corrected chi connectivity index (χ3v) is 6.44. The number of aliphatic hydroxyl groups excluding tert-OH is 1. The lowest BCUT2D eigenvalue weighted by atomic mass is 9.87. The molecular weight excluding hydrogens is 559 g/mol. The van der Waals surface area contributed by atoms with Gasteiger partial charge in [0.05, 0.1) is 42.0 Å². The summed E-state index contributed by atoms with van der Waals surface area (Å²) in [5.41, 5.74) is 10.2. The lowest BCUT2D eigenvalue weighted by molar-refractivity contribution is -0.138. The number of nitrogens with zero attached hydrogens (tertiary/aromatic N) is 3. The zero-order valence-corrected chi connectivity index (χ0v) is 21.2. The summed E-state index contributed by atoms with van der Waals surface area (Å²) in [4.78, 5) is 40.9. The number of anilines is 1. The topological polar surface area (TPSA) is 198 Å². The van der Waals surface area contributed by atoms with Crippen LogP contribution in [0.3, 0.4) is 0 Å². The van der Waals surface area contributed by atoms with E-state index in [0.29, 0.717) is 17.5 Å². The molecule has 16 heteroatoms. The highest BCUT2D eigenvalue weighted by Gasteiger charge is 2.37. The minimum atomic E-state index is -4.81. The number of carboxylic acid groups (broad SMARTS) is 1. The molecule has 212 valence electrons. The quantitative estimate of drug-likeness (QED) is 0.231. The molecule has 1 aromatic heterocycles. The number of nitrogens with one attached hydrogen (secondary N) is 2. The highest BCUT2D eigenvalue weighted by atomic mass is 35.5. The van der Waals surface area contributed by atoms with Crippen LogP contribution in [-0.2, 0) is 15.8 Å². The van der Waals surface area contributed by atoms with E-state index < -0.39 is 54.0 Å². The second-order valence-corrected chi connectivity index (χ2v) is 9.52. The van der Waals surface area contributed by atoms with Crippen LogP contribution in [0.2, 0.25) is 5.02 Å². The van der Waals surface area contributed by atoms with Crippen molar-refractivity contribution < 1.29 is 37.8 Å². The fourth-order valence-electron chi connectivity index (χ4n) is 4.43. The van der Waals surface area contributed by atoms with Crippen LogP contribution >= 0.6 is 11.6 Å². The first kappa shape index (κ1) is 28.6. The van der Waals surface area contributed by atoms with Crippen LogP contribution < -0.4 is 22.1 Å². The van der Waals surface area contributed by atoms with Crippen LogP contribution in [0, 0.1) is 0 Å². The minimum Gasteiger partial charge on any atom is -0.481 e. The van der Waals surface area contributed by atoms with Crippen molar-refractivity contribution in [2.24, 2.45) is 16.5 Å². The number of aliphatic imine (C=N–C) groups is 1. The van der Waals surface area contributed by atoms with Crippen LogP contribution in [0.25, 0.3) is 10.9 Å². The average molecular weight is 582 g/mol. The molecular formula is C24H23ClF3N7O5. The van der Waals surface area contributed by atoms with Gasteiger partial charge in [0.15, 0.2) is 5.96 Å². The Labute approximate surface area is 228 Å². The van der Waals surface area contributed by atoms with E-state index in [9.17, 15) is 37.8 Å². The molecule has 0 fully saturated rings. The smallest absolute Gasteiger partial charge is 0.416 e. The molecule has 1 aliphatic heterocycles. The van der Waals surface area contributed by atoms with E-state index in [-0.39, 0.29) is 46.4 Å². The third-order valence-electron chi connectivity index (χ3n) is 6.23. The maximum atomic E-state index is 13.5. The summed E-state index contributed by atoms with van der Waals surface area (Å²) in [6.45, 7) is 0.303. The number of aromatic nitrogens is 2. The fraction of sp³-hybridized carbons (Fsp3) is 0.292. The molecule has 0 aliphatic carbocycles. The normalized spacial score (nSPS) is 17.0. The van der Waals surface area contributed by atoms with Gasteiger partial charge in [0.2, 0.25) is 11.8 Å². The van der Waals surface area contributed by atoms with E-state index in [4.69, 9.17) is 23.1 Å². The van der Waals surface area contributed by atoms with Gasteiger partial charge in [-0.15, -0.1) is 0 Å². The van der Waals surface area contributed by atoms with E-state index in [0.717, 1.165) is 10.7 Å². The highest BCUT2D eigenvalue weighted by Crippen LogP contribution is 2.39. The van der Waals surface area contributed by atoms with Gasteiger partial charge in [-0.2, -0.15) is 18.3 Å². The van der Waals surface area contributed by atoms with Crippen molar-refractivity contribution in [3.8, 4) is 0 Å². The first-order chi connectivity index (χ1) is 18.7. The largest absolute Gasteiger partial charge is 0.481 e. The lowest BCUT2D eigenvalue weighted by Crippen LogP contribution is -2.42. The molecule has 0 saturated heterocycles. The third kappa shape index (κ3) is 6.10. The Morgan fingerprint density at radius 3 is 2.50 bits per heavy atom. The predicted octanol–water partition coefficient (Wildman–Crippen LogP) is 1.82. The monoisotopic (exact) mass is 581 g/mol. The van der Waals surface area contributed by atoms with Gasteiger partial charge in [0.1, 0.15) is 6.04 Å². The number of benzene rings is 2. The maximum absolute atomic E-state index is 13.5. The number of guanidine groups is 1. The van der Waals surface area contributed by atoms with Crippen molar-refractivity contribution in [2.45, 2.75) is 30.7 Å². The van der Waals surface area contributed by atoms with Gasteiger partial charge in [0.25, 0.3) is 0 Å². The first-order valence-electron chi connectivity index (χ1n) is 11.7. The van der Waals surface area contributed by atoms with Crippen LogP contribution in [0.5, 0.6) is 0 Å². The SMILES string of the molecule is NC(=O)c1cc(NC2=NCC(O)CN2)c2cnn(C(C(N)=O)[C@@H](CC(=O)O)c3cc(Cl)cc(C(F)(F)F)c3)c2c1. The number of rotatable bonds is 8. The number of primary amides is 2. The molecule has 2 heterocycles. The molecule has 2 unspecified atom stereocenters. The molecule has 12 nitrogen and oxygen atoms in total. The number of alkyl halides is 3. The zero-order valence-electron chi connectivity index (χ0n) is 20.4. The van der Waals surface area contributed by atoms with Gasteiger partial charge in [0, 0.05) is 28.4 Å². The fourth-order valence-corrected chi connectivity index (χ4v) is 4.68.